The average molecular weight is 458 g/mol. The molecule has 10 heteroatoms. The first kappa shape index (κ1) is 24.3. The first-order valence-corrected chi connectivity index (χ1v) is 10.5. The highest BCUT2D eigenvalue weighted by atomic mass is 19.1. The number of likely N-dealkylation sites (N-methyl/N-ethyl adjacent to an activating group) is 2. The summed E-state index contributed by atoms with van der Waals surface area (Å²) in [5, 5.41) is 18.9. The molecule has 2 heterocycles. The molecular formula is C23H27FN4O5. The van der Waals surface area contributed by atoms with Gasteiger partial charge >= 0.3 is 0 Å². The lowest BCUT2D eigenvalue weighted by molar-refractivity contribution is -0.383. The fourth-order valence-corrected chi connectivity index (χ4v) is 4.64. The van der Waals surface area contributed by atoms with Crippen LogP contribution in [0, 0.1) is 10.1 Å². The van der Waals surface area contributed by atoms with Crippen LogP contribution in [0.5, 0.6) is 0 Å². The number of H-pyrrole nitrogens is 1. The number of nitro groups is 1. The van der Waals surface area contributed by atoms with E-state index in [4.69, 9.17) is 5.11 Å². The average Bonchev–Trinajstić information content (AvgIpc) is 3.31. The van der Waals surface area contributed by atoms with E-state index in [9.17, 15) is 24.1 Å². The van der Waals surface area contributed by atoms with Crippen molar-refractivity contribution in [3.63, 3.8) is 0 Å². The van der Waals surface area contributed by atoms with E-state index in [1.54, 1.807) is 36.4 Å². The van der Waals surface area contributed by atoms with Crippen LogP contribution in [0.2, 0.25) is 0 Å². The van der Waals surface area contributed by atoms with Crippen LogP contribution < -0.4 is 0 Å². The number of amides is 1. The van der Waals surface area contributed by atoms with Gasteiger partial charge in [-0.05, 0) is 37.1 Å². The van der Waals surface area contributed by atoms with Gasteiger partial charge in [-0.1, -0.05) is 18.2 Å². The standard InChI is InChI=1S/C22H23FN4O4.CH4O/c1-25-19(10-15-12-24-17-8-5-9-18(20(15)17)27(30)31)21(29)26(2)22(25,13-28)11-14-6-3-4-7-16(14)23;1-2/h3,5-6,8-9,12-13,19,24H,4,7,10-11H2,1-2H3;2H,1H3. The maximum atomic E-state index is 14.4. The van der Waals surface area contributed by atoms with E-state index in [2.05, 4.69) is 4.98 Å². The normalized spacial score (nSPS) is 23.1. The molecule has 1 aliphatic carbocycles. The SMILES string of the molecule is CN1C(=O)C(Cc2c[nH]c3cccc([N+](=O)[O-])c23)N(C)C1(C=O)CC1=C(F)CCC=C1.CO. The summed E-state index contributed by atoms with van der Waals surface area (Å²) in [7, 11) is 4.20. The van der Waals surface area contributed by atoms with E-state index in [0.717, 1.165) is 7.11 Å². The Bertz CT molecular complexity index is 1140. The van der Waals surface area contributed by atoms with Gasteiger partial charge in [-0.25, -0.2) is 4.39 Å². The molecule has 2 unspecified atom stereocenters. The van der Waals surface area contributed by atoms with E-state index in [0.29, 0.717) is 34.7 Å². The van der Waals surface area contributed by atoms with Gasteiger partial charge in [0.15, 0.2) is 11.9 Å². The number of rotatable bonds is 6. The smallest absolute Gasteiger partial charge is 0.279 e. The molecule has 33 heavy (non-hydrogen) atoms. The number of hydrogen-bond acceptors (Lipinski definition) is 6. The van der Waals surface area contributed by atoms with Crippen molar-refractivity contribution >= 4 is 28.8 Å². The number of non-ortho nitro benzene ring substituents is 1. The van der Waals surface area contributed by atoms with Crippen molar-refractivity contribution < 1.29 is 24.0 Å². The van der Waals surface area contributed by atoms with Gasteiger partial charge in [0.2, 0.25) is 5.91 Å². The van der Waals surface area contributed by atoms with Gasteiger partial charge in [-0.2, -0.15) is 0 Å². The maximum Gasteiger partial charge on any atom is 0.279 e. The molecule has 0 bridgehead atoms. The topological polar surface area (TPSA) is 120 Å². The lowest BCUT2D eigenvalue weighted by Gasteiger charge is -2.37. The Hall–Kier alpha value is -3.37. The lowest BCUT2D eigenvalue weighted by atomic mass is 9.94. The van der Waals surface area contributed by atoms with Crippen LogP contribution in [0.25, 0.3) is 10.9 Å². The second kappa shape index (κ2) is 9.63. The number of aliphatic hydroxyl groups excluding tert-OH is 1. The van der Waals surface area contributed by atoms with Gasteiger partial charge in [0.25, 0.3) is 5.69 Å². The highest BCUT2D eigenvalue weighted by molar-refractivity contribution is 5.94. The first-order valence-electron chi connectivity index (χ1n) is 10.5. The molecule has 4 rings (SSSR count). The molecule has 1 saturated heterocycles. The van der Waals surface area contributed by atoms with Crippen LogP contribution in [0.3, 0.4) is 0 Å². The number of nitro benzene ring substituents is 1. The Kier molecular flexibility index (Phi) is 7.09. The molecule has 1 aromatic heterocycles. The lowest BCUT2D eigenvalue weighted by Crippen LogP contribution is -2.53. The van der Waals surface area contributed by atoms with Crippen molar-refractivity contribution in [2.75, 3.05) is 21.2 Å². The van der Waals surface area contributed by atoms with Gasteiger partial charge in [0, 0.05) is 39.3 Å². The molecule has 1 fully saturated rings. The Balaban J connectivity index is 0.00000149. The Morgan fingerprint density at radius 2 is 2.09 bits per heavy atom. The molecule has 2 aliphatic rings. The number of nitrogens with zero attached hydrogens (tertiary/aromatic N) is 3. The quantitative estimate of drug-likeness (QED) is 0.390. The number of halogens is 1. The van der Waals surface area contributed by atoms with Crippen LogP contribution >= 0.6 is 0 Å². The number of aldehydes is 1. The zero-order valence-corrected chi connectivity index (χ0v) is 18.7. The number of nitrogens with one attached hydrogen (secondary N) is 1. The largest absolute Gasteiger partial charge is 0.400 e. The van der Waals surface area contributed by atoms with E-state index >= 15 is 0 Å². The van der Waals surface area contributed by atoms with E-state index < -0.39 is 16.6 Å². The zero-order valence-electron chi connectivity index (χ0n) is 18.7. The molecule has 176 valence electrons. The molecular weight excluding hydrogens is 431 g/mol. The van der Waals surface area contributed by atoms with Crippen molar-refractivity contribution in [1.29, 1.82) is 0 Å². The number of carbonyl (C=O) groups excluding carboxylic acids is 2. The zero-order chi connectivity index (χ0) is 24.3. The number of aromatic amines is 1. The highest BCUT2D eigenvalue weighted by Crippen LogP contribution is 2.38. The predicted octanol–water partition coefficient (Wildman–Crippen LogP) is 2.86. The molecule has 0 spiro atoms. The molecule has 2 N–H and O–H groups in total. The summed E-state index contributed by atoms with van der Waals surface area (Å²) in [5.74, 6) is -0.558. The minimum atomic E-state index is -1.33. The minimum absolute atomic E-state index is 0.0438. The summed E-state index contributed by atoms with van der Waals surface area (Å²) >= 11 is 0. The number of aliphatic hydroxyl groups is 1. The van der Waals surface area contributed by atoms with Gasteiger partial charge < -0.3 is 15.0 Å². The molecule has 0 saturated carbocycles. The Morgan fingerprint density at radius 3 is 2.73 bits per heavy atom. The van der Waals surface area contributed by atoms with Crippen molar-refractivity contribution in [3.05, 3.63) is 63.6 Å². The summed E-state index contributed by atoms with van der Waals surface area (Å²) in [5.41, 5.74) is 0.260. The van der Waals surface area contributed by atoms with Crippen LogP contribution in [-0.2, 0) is 16.0 Å². The summed E-state index contributed by atoms with van der Waals surface area (Å²) in [6.07, 6.45) is 6.99. The predicted molar refractivity (Wildman–Crippen MR) is 121 cm³/mol. The third-order valence-electron chi connectivity index (χ3n) is 6.49. The Morgan fingerprint density at radius 1 is 1.36 bits per heavy atom. The van der Waals surface area contributed by atoms with E-state index in [-0.39, 0.29) is 36.7 Å². The summed E-state index contributed by atoms with van der Waals surface area (Å²) in [4.78, 5) is 42.5. The van der Waals surface area contributed by atoms with Crippen LogP contribution in [-0.4, -0.2) is 69.9 Å². The van der Waals surface area contributed by atoms with Crippen molar-refractivity contribution in [1.82, 2.24) is 14.8 Å². The number of fused-ring (bicyclic) bond motifs is 1. The maximum absolute atomic E-state index is 14.4. The molecule has 2 aromatic rings. The fourth-order valence-electron chi connectivity index (χ4n) is 4.64. The summed E-state index contributed by atoms with van der Waals surface area (Å²) < 4.78 is 14.4. The highest BCUT2D eigenvalue weighted by Gasteiger charge is 2.54. The molecule has 1 aliphatic heterocycles. The molecule has 2 atom stereocenters. The second-order valence-corrected chi connectivity index (χ2v) is 8.04. The number of aromatic nitrogens is 1. The van der Waals surface area contributed by atoms with Crippen LogP contribution in [0.15, 0.2) is 47.9 Å². The first-order chi connectivity index (χ1) is 15.8. The number of benzene rings is 1. The second-order valence-electron chi connectivity index (χ2n) is 8.04. The number of hydrogen-bond donors (Lipinski definition) is 2. The van der Waals surface area contributed by atoms with Gasteiger partial charge in [0.1, 0.15) is 5.83 Å². The number of allylic oxidation sites excluding steroid dienone is 3. The van der Waals surface area contributed by atoms with Crippen molar-refractivity contribution in [2.45, 2.75) is 37.4 Å². The fraction of sp³-hybridized carbons (Fsp3) is 0.391. The number of carbonyl (C=O) groups is 2. The third kappa shape index (κ3) is 4.07. The molecule has 0 radical (unpaired) electrons. The molecule has 9 nitrogen and oxygen atoms in total. The van der Waals surface area contributed by atoms with Gasteiger partial charge in [-0.3, -0.25) is 24.6 Å². The monoisotopic (exact) mass is 458 g/mol. The Labute approximate surface area is 190 Å². The van der Waals surface area contributed by atoms with E-state index in [1.807, 2.05) is 6.08 Å². The summed E-state index contributed by atoms with van der Waals surface area (Å²) in [6.45, 7) is 0. The van der Waals surface area contributed by atoms with Crippen LogP contribution in [0.1, 0.15) is 24.8 Å². The van der Waals surface area contributed by atoms with Crippen molar-refractivity contribution in [2.24, 2.45) is 0 Å². The molecule has 1 aromatic carbocycles. The van der Waals surface area contributed by atoms with E-state index in [1.165, 1.54) is 18.0 Å². The minimum Gasteiger partial charge on any atom is -0.400 e. The van der Waals surface area contributed by atoms with Crippen LogP contribution in [0.4, 0.5) is 10.1 Å². The summed E-state index contributed by atoms with van der Waals surface area (Å²) in [6, 6.07) is 4.04. The van der Waals surface area contributed by atoms with Gasteiger partial charge in [0.05, 0.1) is 21.9 Å². The molecule has 1 amide bonds. The van der Waals surface area contributed by atoms with Gasteiger partial charge in [-0.15, -0.1) is 0 Å². The third-order valence-corrected chi connectivity index (χ3v) is 6.49. The van der Waals surface area contributed by atoms with Crippen molar-refractivity contribution in [3.8, 4) is 0 Å².